The van der Waals surface area contributed by atoms with Gasteiger partial charge in [0.1, 0.15) is 5.69 Å². The van der Waals surface area contributed by atoms with E-state index in [1.54, 1.807) is 0 Å². The first-order valence-electron chi connectivity index (χ1n) is 6.87. The highest BCUT2D eigenvalue weighted by Gasteiger charge is 2.29. The minimum Gasteiger partial charge on any atom is -0.451 e. The first kappa shape index (κ1) is 20.6. The van der Waals surface area contributed by atoms with Gasteiger partial charge in [0.05, 0.1) is 6.61 Å². The molecule has 0 radical (unpaired) electrons. The molecule has 1 N–H and O–H groups in total. The third-order valence-electron chi connectivity index (χ3n) is 2.92. The van der Waals surface area contributed by atoms with Gasteiger partial charge in [0, 0.05) is 0 Å². The van der Waals surface area contributed by atoms with E-state index in [1.807, 2.05) is 0 Å². The smallest absolute Gasteiger partial charge is 0.335 e. The second-order valence-corrected chi connectivity index (χ2v) is 4.78. The number of hydrogen-bond acceptors (Lipinski definition) is 4. The summed E-state index contributed by atoms with van der Waals surface area (Å²) in [6, 6.07) is 0. The van der Waals surface area contributed by atoms with E-state index in [4.69, 9.17) is 9.47 Å². The minimum absolute atomic E-state index is 0.0292. The van der Waals surface area contributed by atoms with Crippen LogP contribution in [0.2, 0.25) is 0 Å². The highest BCUT2D eigenvalue weighted by Crippen LogP contribution is 2.27. The molecule has 0 saturated carbocycles. The third kappa shape index (κ3) is 4.75. The number of anilines is 1. The van der Waals surface area contributed by atoms with Gasteiger partial charge in [-0.2, -0.15) is 0 Å². The van der Waals surface area contributed by atoms with Crippen molar-refractivity contribution in [2.45, 2.75) is 26.1 Å². The number of benzene rings is 1. The second-order valence-electron chi connectivity index (χ2n) is 4.78. The highest BCUT2D eigenvalue weighted by atomic mass is 19.2. The van der Waals surface area contributed by atoms with Crippen LogP contribution >= 0.6 is 0 Å². The van der Waals surface area contributed by atoms with Crippen LogP contribution in [0.5, 0.6) is 0 Å². The number of ether oxygens (including phenoxy) is 2. The Kier molecular flexibility index (Phi) is 7.04. The molecule has 0 bridgehead atoms. The lowest BCUT2D eigenvalue weighted by Crippen LogP contribution is -2.34. The molecule has 0 heterocycles. The van der Waals surface area contributed by atoms with Crippen molar-refractivity contribution in [3.05, 3.63) is 41.7 Å². The van der Waals surface area contributed by atoms with Crippen molar-refractivity contribution in [3.8, 4) is 0 Å². The van der Waals surface area contributed by atoms with E-state index in [1.165, 1.54) is 18.3 Å². The third-order valence-corrected chi connectivity index (χ3v) is 2.92. The number of nitrogens with one attached hydrogen (secondary N) is 1. The standard InChI is InChI=1S/C15H14F5NO4/c1-4-5-24-7(3)15(23)25-6(2)14(22)21-13-11(19)9(17)8(16)10(18)12(13)20/h4,6-7H,1,5H2,2-3H3,(H,21,22). The van der Waals surface area contributed by atoms with Crippen LogP contribution in [0.1, 0.15) is 13.8 Å². The Bertz CT molecular complexity index is 666. The van der Waals surface area contributed by atoms with Gasteiger partial charge in [-0.1, -0.05) is 6.08 Å². The first-order chi connectivity index (χ1) is 11.6. The van der Waals surface area contributed by atoms with E-state index < -0.39 is 58.9 Å². The first-order valence-corrected chi connectivity index (χ1v) is 6.87. The van der Waals surface area contributed by atoms with Crippen molar-refractivity contribution >= 4 is 17.6 Å². The highest BCUT2D eigenvalue weighted by molar-refractivity contribution is 5.95. The molecule has 0 saturated heterocycles. The van der Waals surface area contributed by atoms with Crippen molar-refractivity contribution in [1.82, 2.24) is 0 Å². The molecule has 10 heteroatoms. The average molecular weight is 367 g/mol. The van der Waals surface area contributed by atoms with Gasteiger partial charge in [-0.25, -0.2) is 26.7 Å². The van der Waals surface area contributed by atoms with Crippen LogP contribution in [0.4, 0.5) is 27.6 Å². The van der Waals surface area contributed by atoms with Crippen LogP contribution in [0, 0.1) is 29.1 Å². The summed E-state index contributed by atoms with van der Waals surface area (Å²) in [7, 11) is 0. The Labute approximate surface area is 139 Å². The predicted molar refractivity (Wildman–Crippen MR) is 76.0 cm³/mol. The normalized spacial score (nSPS) is 13.1. The largest absolute Gasteiger partial charge is 0.451 e. The lowest BCUT2D eigenvalue weighted by atomic mass is 10.2. The Balaban J connectivity index is 2.86. The van der Waals surface area contributed by atoms with E-state index in [-0.39, 0.29) is 6.61 Å². The van der Waals surface area contributed by atoms with E-state index in [9.17, 15) is 31.5 Å². The fourth-order valence-electron chi connectivity index (χ4n) is 1.54. The number of hydrogen-bond donors (Lipinski definition) is 1. The van der Waals surface area contributed by atoms with Crippen LogP contribution in [0.25, 0.3) is 0 Å². The van der Waals surface area contributed by atoms with Crippen LogP contribution in [-0.2, 0) is 19.1 Å². The molecule has 0 spiro atoms. The molecule has 0 fully saturated rings. The summed E-state index contributed by atoms with van der Waals surface area (Å²) in [6.07, 6.45) is -1.29. The Morgan fingerprint density at radius 1 is 1.00 bits per heavy atom. The molecule has 0 aliphatic rings. The summed E-state index contributed by atoms with van der Waals surface area (Å²) in [4.78, 5) is 23.4. The van der Waals surface area contributed by atoms with Gasteiger partial charge in [-0.05, 0) is 13.8 Å². The summed E-state index contributed by atoms with van der Waals surface area (Å²) in [5.41, 5.74) is -1.54. The molecule has 138 valence electrons. The molecular formula is C15H14F5NO4. The summed E-state index contributed by atoms with van der Waals surface area (Å²) < 4.78 is 75.7. The van der Waals surface area contributed by atoms with Gasteiger partial charge in [0.25, 0.3) is 5.91 Å². The zero-order valence-corrected chi connectivity index (χ0v) is 13.2. The lowest BCUT2D eigenvalue weighted by Gasteiger charge is -2.17. The van der Waals surface area contributed by atoms with Crippen molar-refractivity contribution in [3.63, 3.8) is 0 Å². The molecule has 1 amide bonds. The Hall–Kier alpha value is -2.49. The maximum absolute atomic E-state index is 13.5. The number of rotatable bonds is 7. The van der Waals surface area contributed by atoms with Crippen LogP contribution in [-0.4, -0.2) is 30.7 Å². The topological polar surface area (TPSA) is 64.6 Å². The summed E-state index contributed by atoms with van der Waals surface area (Å²) in [6.45, 7) is 5.75. The molecule has 2 atom stereocenters. The molecule has 1 aromatic rings. The van der Waals surface area contributed by atoms with Crippen LogP contribution in [0.15, 0.2) is 12.7 Å². The van der Waals surface area contributed by atoms with Crippen LogP contribution in [0.3, 0.4) is 0 Å². The SMILES string of the molecule is C=CCOC(C)C(=O)OC(C)C(=O)Nc1c(F)c(F)c(F)c(F)c1F. The summed E-state index contributed by atoms with van der Waals surface area (Å²) in [5.74, 6) is -13.5. The average Bonchev–Trinajstić information content (AvgIpc) is 2.59. The zero-order valence-electron chi connectivity index (χ0n) is 13.2. The van der Waals surface area contributed by atoms with Crippen molar-refractivity contribution in [2.24, 2.45) is 0 Å². The van der Waals surface area contributed by atoms with Gasteiger partial charge in [0.2, 0.25) is 5.82 Å². The number of amides is 1. The molecule has 2 unspecified atom stereocenters. The zero-order chi connectivity index (χ0) is 19.3. The van der Waals surface area contributed by atoms with E-state index >= 15 is 0 Å². The fourth-order valence-corrected chi connectivity index (χ4v) is 1.54. The van der Waals surface area contributed by atoms with Crippen molar-refractivity contribution in [2.75, 3.05) is 11.9 Å². The molecule has 5 nitrogen and oxygen atoms in total. The maximum Gasteiger partial charge on any atom is 0.335 e. The van der Waals surface area contributed by atoms with Gasteiger partial charge in [0.15, 0.2) is 35.5 Å². The van der Waals surface area contributed by atoms with E-state index in [0.717, 1.165) is 6.92 Å². The molecular weight excluding hydrogens is 353 g/mol. The summed E-state index contributed by atoms with van der Waals surface area (Å²) in [5, 5.41) is 1.50. The Morgan fingerprint density at radius 3 is 1.96 bits per heavy atom. The van der Waals surface area contributed by atoms with E-state index in [0.29, 0.717) is 0 Å². The quantitative estimate of drug-likeness (QED) is 0.265. The molecule has 25 heavy (non-hydrogen) atoms. The van der Waals surface area contributed by atoms with Gasteiger partial charge >= 0.3 is 5.97 Å². The van der Waals surface area contributed by atoms with Gasteiger partial charge in [-0.3, -0.25) is 4.79 Å². The number of esters is 1. The predicted octanol–water partition coefficient (Wildman–Crippen LogP) is 2.84. The van der Waals surface area contributed by atoms with Crippen molar-refractivity contribution < 1.29 is 41.0 Å². The fraction of sp³-hybridized carbons (Fsp3) is 0.333. The van der Waals surface area contributed by atoms with E-state index in [2.05, 4.69) is 6.58 Å². The molecule has 0 aliphatic carbocycles. The number of carbonyl (C=O) groups excluding carboxylic acids is 2. The van der Waals surface area contributed by atoms with Crippen molar-refractivity contribution in [1.29, 1.82) is 0 Å². The molecule has 1 rings (SSSR count). The lowest BCUT2D eigenvalue weighted by molar-refractivity contribution is -0.163. The molecule has 0 aliphatic heterocycles. The van der Waals surface area contributed by atoms with Gasteiger partial charge < -0.3 is 14.8 Å². The minimum atomic E-state index is -2.36. The second kappa shape index (κ2) is 8.56. The Morgan fingerprint density at radius 2 is 1.48 bits per heavy atom. The number of halogens is 5. The van der Waals surface area contributed by atoms with Gasteiger partial charge in [-0.15, -0.1) is 6.58 Å². The maximum atomic E-state index is 13.5. The molecule has 0 aromatic heterocycles. The molecule has 1 aromatic carbocycles. The van der Waals surface area contributed by atoms with Crippen LogP contribution < -0.4 is 5.32 Å². The number of carbonyl (C=O) groups is 2. The summed E-state index contributed by atoms with van der Waals surface area (Å²) >= 11 is 0. The monoisotopic (exact) mass is 367 g/mol.